The molecule has 1 aliphatic heterocycles. The third-order valence-corrected chi connectivity index (χ3v) is 4.64. The van der Waals surface area contributed by atoms with Gasteiger partial charge in [0.15, 0.2) is 0 Å². The second-order valence-electron chi connectivity index (χ2n) is 6.42. The van der Waals surface area contributed by atoms with Gasteiger partial charge < -0.3 is 15.1 Å². The molecule has 1 aliphatic carbocycles. The molecule has 6 heteroatoms. The van der Waals surface area contributed by atoms with E-state index < -0.39 is 0 Å². The van der Waals surface area contributed by atoms with Gasteiger partial charge in [0.2, 0.25) is 11.8 Å². The molecule has 2 fully saturated rings. The second-order valence-corrected chi connectivity index (χ2v) is 6.42. The number of amides is 2. The first kappa shape index (κ1) is 15.9. The lowest BCUT2D eigenvalue weighted by atomic mass is 10.2. The van der Waals surface area contributed by atoms with E-state index in [9.17, 15) is 14.0 Å². The molecule has 124 valence electrons. The molecule has 1 saturated carbocycles. The van der Waals surface area contributed by atoms with Crippen LogP contribution in [0.15, 0.2) is 24.3 Å². The fourth-order valence-electron chi connectivity index (χ4n) is 2.94. The summed E-state index contributed by atoms with van der Waals surface area (Å²) in [7, 11) is 2.05. The number of likely N-dealkylation sites (N-methyl/N-ethyl adjacent to an activating group) is 1. The summed E-state index contributed by atoms with van der Waals surface area (Å²) in [6, 6.07) is 6.04. The summed E-state index contributed by atoms with van der Waals surface area (Å²) in [4.78, 5) is 28.6. The normalized spacial score (nSPS) is 24.3. The van der Waals surface area contributed by atoms with Crippen LogP contribution in [0.5, 0.6) is 0 Å². The summed E-state index contributed by atoms with van der Waals surface area (Å²) in [5.41, 5.74) is 0.849. The van der Waals surface area contributed by atoms with Crippen molar-refractivity contribution in [1.29, 1.82) is 0 Å². The summed E-state index contributed by atoms with van der Waals surface area (Å²) in [5.74, 6) is -0.629. The fourth-order valence-corrected chi connectivity index (χ4v) is 2.94. The molecule has 2 aliphatic rings. The van der Waals surface area contributed by atoms with Gasteiger partial charge in [-0.15, -0.1) is 0 Å². The van der Waals surface area contributed by atoms with Crippen LogP contribution in [0.2, 0.25) is 0 Å². The molecule has 1 aromatic carbocycles. The summed E-state index contributed by atoms with van der Waals surface area (Å²) < 4.78 is 12.8. The molecule has 5 nitrogen and oxygen atoms in total. The van der Waals surface area contributed by atoms with Crippen molar-refractivity contribution in [2.75, 3.05) is 33.2 Å². The molecule has 23 heavy (non-hydrogen) atoms. The van der Waals surface area contributed by atoms with Gasteiger partial charge in [-0.1, -0.05) is 12.1 Å². The van der Waals surface area contributed by atoms with Crippen molar-refractivity contribution in [3.05, 3.63) is 35.6 Å². The molecule has 1 saturated heterocycles. The summed E-state index contributed by atoms with van der Waals surface area (Å²) in [6.45, 7) is 3.64. The zero-order valence-corrected chi connectivity index (χ0v) is 13.3. The molecule has 3 rings (SSSR count). The van der Waals surface area contributed by atoms with Gasteiger partial charge >= 0.3 is 0 Å². The van der Waals surface area contributed by atoms with Crippen molar-refractivity contribution in [3.63, 3.8) is 0 Å². The predicted molar refractivity (Wildman–Crippen MR) is 83.9 cm³/mol. The van der Waals surface area contributed by atoms with E-state index in [-0.39, 0.29) is 29.5 Å². The minimum atomic E-state index is -0.292. The van der Waals surface area contributed by atoms with E-state index in [1.165, 1.54) is 12.1 Å². The second kappa shape index (κ2) is 6.66. The van der Waals surface area contributed by atoms with Gasteiger partial charge in [-0.05, 0) is 31.2 Å². The third kappa shape index (κ3) is 3.88. The van der Waals surface area contributed by atoms with E-state index in [1.54, 1.807) is 12.1 Å². The maximum atomic E-state index is 12.8. The first-order chi connectivity index (χ1) is 11.0. The Balaban J connectivity index is 1.45. The van der Waals surface area contributed by atoms with E-state index in [4.69, 9.17) is 0 Å². The SMILES string of the molecule is CN1CCN(C(=O)C2CC2C(=O)NCc2ccc(F)cc2)CC1. The summed E-state index contributed by atoms with van der Waals surface area (Å²) >= 11 is 0. The number of piperazine rings is 1. The van der Waals surface area contributed by atoms with Crippen LogP contribution in [-0.2, 0) is 16.1 Å². The Morgan fingerprint density at radius 3 is 2.43 bits per heavy atom. The van der Waals surface area contributed by atoms with Crippen LogP contribution in [0.3, 0.4) is 0 Å². The number of hydrogen-bond donors (Lipinski definition) is 1. The number of halogens is 1. The fraction of sp³-hybridized carbons (Fsp3) is 0.529. The monoisotopic (exact) mass is 319 g/mol. The Morgan fingerprint density at radius 2 is 1.78 bits per heavy atom. The molecule has 2 amide bonds. The largest absolute Gasteiger partial charge is 0.352 e. The van der Waals surface area contributed by atoms with E-state index in [1.807, 2.05) is 11.9 Å². The van der Waals surface area contributed by atoms with Crippen LogP contribution in [0.4, 0.5) is 4.39 Å². The van der Waals surface area contributed by atoms with E-state index >= 15 is 0 Å². The molecule has 1 aromatic rings. The highest BCUT2D eigenvalue weighted by Gasteiger charge is 2.49. The van der Waals surface area contributed by atoms with Crippen LogP contribution < -0.4 is 5.32 Å². The Labute approximate surface area is 135 Å². The van der Waals surface area contributed by atoms with Crippen LogP contribution >= 0.6 is 0 Å². The maximum absolute atomic E-state index is 12.8. The molecule has 0 bridgehead atoms. The molecule has 0 aromatic heterocycles. The zero-order chi connectivity index (χ0) is 16.4. The van der Waals surface area contributed by atoms with E-state index in [0.717, 1.165) is 31.7 Å². The first-order valence-corrected chi connectivity index (χ1v) is 8.04. The number of carbonyl (C=O) groups is 2. The van der Waals surface area contributed by atoms with Gasteiger partial charge in [0, 0.05) is 32.7 Å². The van der Waals surface area contributed by atoms with Crippen LogP contribution in [-0.4, -0.2) is 54.8 Å². The van der Waals surface area contributed by atoms with Crippen LogP contribution in [0.1, 0.15) is 12.0 Å². The van der Waals surface area contributed by atoms with Gasteiger partial charge in [0.25, 0.3) is 0 Å². The Bertz CT molecular complexity index is 582. The van der Waals surface area contributed by atoms with E-state index in [2.05, 4.69) is 10.2 Å². The highest BCUT2D eigenvalue weighted by Crippen LogP contribution is 2.40. The van der Waals surface area contributed by atoms with Gasteiger partial charge in [-0.25, -0.2) is 4.39 Å². The van der Waals surface area contributed by atoms with Gasteiger partial charge in [0.1, 0.15) is 5.82 Å². The standard InChI is InChI=1S/C17H22FN3O2/c1-20-6-8-21(9-7-20)17(23)15-10-14(15)16(22)19-11-12-2-4-13(18)5-3-12/h2-5,14-15H,6-11H2,1H3,(H,19,22). The van der Waals surface area contributed by atoms with Crippen molar-refractivity contribution in [1.82, 2.24) is 15.1 Å². The van der Waals surface area contributed by atoms with Gasteiger partial charge in [-0.3, -0.25) is 9.59 Å². The minimum Gasteiger partial charge on any atom is -0.352 e. The molecule has 1 heterocycles. The molecule has 1 N–H and O–H groups in total. The maximum Gasteiger partial charge on any atom is 0.226 e. The summed E-state index contributed by atoms with van der Waals surface area (Å²) in [6.07, 6.45) is 0.639. The topological polar surface area (TPSA) is 52.7 Å². The number of rotatable bonds is 4. The van der Waals surface area contributed by atoms with Crippen molar-refractivity contribution in [3.8, 4) is 0 Å². The Kier molecular flexibility index (Phi) is 4.61. The van der Waals surface area contributed by atoms with Crippen molar-refractivity contribution >= 4 is 11.8 Å². The minimum absolute atomic E-state index is 0.0817. The molecule has 2 atom stereocenters. The Morgan fingerprint density at radius 1 is 1.13 bits per heavy atom. The van der Waals surface area contributed by atoms with Crippen molar-refractivity contribution in [2.45, 2.75) is 13.0 Å². The van der Waals surface area contributed by atoms with E-state index in [0.29, 0.717) is 13.0 Å². The molecule has 2 unspecified atom stereocenters. The Hall–Kier alpha value is -1.95. The highest BCUT2D eigenvalue weighted by molar-refractivity contribution is 5.92. The molecule has 0 spiro atoms. The molecule has 0 radical (unpaired) electrons. The molecular formula is C17H22FN3O2. The lowest BCUT2D eigenvalue weighted by Crippen LogP contribution is -2.48. The average Bonchev–Trinajstić information content (AvgIpc) is 3.35. The highest BCUT2D eigenvalue weighted by atomic mass is 19.1. The lowest BCUT2D eigenvalue weighted by molar-refractivity contribution is -0.136. The zero-order valence-electron chi connectivity index (χ0n) is 13.3. The number of hydrogen-bond acceptors (Lipinski definition) is 3. The van der Waals surface area contributed by atoms with Gasteiger partial charge in [-0.2, -0.15) is 0 Å². The average molecular weight is 319 g/mol. The van der Waals surface area contributed by atoms with Crippen LogP contribution in [0.25, 0.3) is 0 Å². The first-order valence-electron chi connectivity index (χ1n) is 8.04. The predicted octanol–water partition coefficient (Wildman–Crippen LogP) is 0.852. The number of nitrogens with one attached hydrogen (secondary N) is 1. The van der Waals surface area contributed by atoms with Gasteiger partial charge in [0.05, 0.1) is 11.8 Å². The number of nitrogens with zero attached hydrogens (tertiary/aromatic N) is 2. The van der Waals surface area contributed by atoms with Crippen molar-refractivity contribution in [2.24, 2.45) is 11.8 Å². The lowest BCUT2D eigenvalue weighted by Gasteiger charge is -2.32. The van der Waals surface area contributed by atoms with Crippen molar-refractivity contribution < 1.29 is 14.0 Å². The smallest absolute Gasteiger partial charge is 0.226 e. The number of benzene rings is 1. The summed E-state index contributed by atoms with van der Waals surface area (Å²) in [5, 5.41) is 2.83. The third-order valence-electron chi connectivity index (χ3n) is 4.64. The molecular weight excluding hydrogens is 297 g/mol. The number of carbonyl (C=O) groups excluding carboxylic acids is 2. The quantitative estimate of drug-likeness (QED) is 0.895. The van der Waals surface area contributed by atoms with Crippen LogP contribution in [0, 0.1) is 17.7 Å².